The van der Waals surface area contributed by atoms with Gasteiger partial charge in [-0.1, -0.05) is 12.1 Å². The number of nitro groups is 1. The molecule has 1 aliphatic heterocycles. The van der Waals surface area contributed by atoms with Crippen molar-refractivity contribution in [2.24, 2.45) is 0 Å². The Kier molecular flexibility index (Phi) is 7.62. The third-order valence-corrected chi connectivity index (χ3v) is 4.10. The highest BCUT2D eigenvalue weighted by molar-refractivity contribution is 5.65. The van der Waals surface area contributed by atoms with Gasteiger partial charge >= 0.3 is 12.3 Å². The zero-order chi connectivity index (χ0) is 23.3. The van der Waals surface area contributed by atoms with Crippen LogP contribution in [-0.2, 0) is 18.9 Å². The molecular formula is C21H26N2O8. The maximum atomic E-state index is 12.2. The quantitative estimate of drug-likeness (QED) is 0.379. The summed E-state index contributed by atoms with van der Waals surface area (Å²) in [6.45, 7) is 9.99. The summed E-state index contributed by atoms with van der Waals surface area (Å²) in [4.78, 5) is 35.2. The molecule has 0 spiro atoms. The van der Waals surface area contributed by atoms with Crippen LogP contribution < -0.4 is 5.32 Å². The number of dihydropyridines is 1. The molecule has 0 unspecified atom stereocenters. The van der Waals surface area contributed by atoms with E-state index in [4.69, 9.17) is 18.9 Å². The van der Waals surface area contributed by atoms with E-state index in [1.807, 2.05) is 0 Å². The van der Waals surface area contributed by atoms with E-state index >= 15 is 0 Å². The average Bonchev–Trinajstić information content (AvgIpc) is 2.64. The number of hydrogen-bond donors (Lipinski definition) is 1. The van der Waals surface area contributed by atoms with E-state index in [0.717, 1.165) is 0 Å². The lowest BCUT2D eigenvalue weighted by Crippen LogP contribution is -2.30. The van der Waals surface area contributed by atoms with E-state index in [1.54, 1.807) is 47.6 Å². The van der Waals surface area contributed by atoms with Crippen molar-refractivity contribution in [2.75, 3.05) is 0 Å². The van der Waals surface area contributed by atoms with Crippen molar-refractivity contribution in [1.29, 1.82) is 0 Å². The van der Waals surface area contributed by atoms with Crippen LogP contribution in [0, 0.1) is 10.1 Å². The molecular weight excluding hydrogens is 408 g/mol. The lowest BCUT2D eigenvalue weighted by atomic mass is 9.90. The van der Waals surface area contributed by atoms with Gasteiger partial charge in [-0.2, -0.15) is 0 Å². The van der Waals surface area contributed by atoms with Gasteiger partial charge in [0, 0.05) is 12.1 Å². The standard InChI is InChI=1S/C21H26N2O8/c1-11(2)28-20(24)30-18-13(5)22-14(6)19(31-21(25)29-12(3)4)17(18)15-8-7-9-16(10-15)23(26)27/h7-12,17,22H,1-6H3. The Balaban J connectivity index is 2.54. The first-order valence-corrected chi connectivity index (χ1v) is 9.69. The number of non-ortho nitro benzene ring substituents is 1. The van der Waals surface area contributed by atoms with Crippen molar-refractivity contribution in [3.05, 3.63) is 62.9 Å². The molecule has 10 nitrogen and oxygen atoms in total. The molecule has 1 aromatic carbocycles. The molecule has 1 N–H and O–H groups in total. The van der Waals surface area contributed by atoms with E-state index in [1.165, 1.54) is 18.2 Å². The van der Waals surface area contributed by atoms with Crippen molar-refractivity contribution in [1.82, 2.24) is 5.32 Å². The number of allylic oxidation sites excluding steroid dienone is 2. The van der Waals surface area contributed by atoms with Gasteiger partial charge in [0.05, 0.1) is 28.5 Å². The van der Waals surface area contributed by atoms with Crippen LogP contribution in [-0.4, -0.2) is 29.4 Å². The van der Waals surface area contributed by atoms with Gasteiger partial charge in [-0.05, 0) is 47.1 Å². The molecule has 0 saturated heterocycles. The van der Waals surface area contributed by atoms with E-state index in [0.29, 0.717) is 17.0 Å². The van der Waals surface area contributed by atoms with Gasteiger partial charge in [0.15, 0.2) is 0 Å². The Morgan fingerprint density at radius 2 is 1.45 bits per heavy atom. The van der Waals surface area contributed by atoms with Gasteiger partial charge in [0.1, 0.15) is 17.4 Å². The first-order chi connectivity index (χ1) is 14.5. The molecule has 0 radical (unpaired) electrons. The van der Waals surface area contributed by atoms with E-state index in [9.17, 15) is 19.7 Å². The summed E-state index contributed by atoms with van der Waals surface area (Å²) in [5.74, 6) is -0.756. The number of rotatable bonds is 6. The third kappa shape index (κ3) is 6.21. The summed E-state index contributed by atoms with van der Waals surface area (Å²) in [7, 11) is 0. The zero-order valence-corrected chi connectivity index (χ0v) is 18.3. The number of benzene rings is 1. The Morgan fingerprint density at radius 3 is 1.87 bits per heavy atom. The second-order valence-electron chi connectivity index (χ2n) is 7.43. The van der Waals surface area contributed by atoms with E-state index in [2.05, 4.69) is 5.32 Å². The average molecular weight is 434 g/mol. The fourth-order valence-corrected chi connectivity index (χ4v) is 2.96. The van der Waals surface area contributed by atoms with Gasteiger partial charge < -0.3 is 24.3 Å². The highest BCUT2D eigenvalue weighted by Gasteiger charge is 2.36. The molecule has 0 saturated carbocycles. The number of nitro benzene ring substituents is 1. The normalized spacial score (nSPS) is 14.5. The summed E-state index contributed by atoms with van der Waals surface area (Å²) < 4.78 is 21.0. The van der Waals surface area contributed by atoms with Gasteiger partial charge in [-0.15, -0.1) is 0 Å². The molecule has 0 aliphatic carbocycles. The van der Waals surface area contributed by atoms with Gasteiger partial charge in [0.2, 0.25) is 0 Å². The predicted octanol–water partition coefficient (Wildman–Crippen LogP) is 4.87. The Labute approximate surface area is 180 Å². The minimum atomic E-state index is -0.953. The first-order valence-electron chi connectivity index (χ1n) is 9.69. The molecule has 1 aliphatic rings. The predicted molar refractivity (Wildman–Crippen MR) is 110 cm³/mol. The Morgan fingerprint density at radius 1 is 0.968 bits per heavy atom. The number of hydrogen-bond acceptors (Lipinski definition) is 9. The summed E-state index contributed by atoms with van der Waals surface area (Å²) in [5.41, 5.74) is 1.13. The van der Waals surface area contributed by atoms with Crippen LogP contribution in [0.3, 0.4) is 0 Å². The van der Waals surface area contributed by atoms with Crippen LogP contribution in [0.15, 0.2) is 47.2 Å². The highest BCUT2D eigenvalue weighted by atomic mass is 16.7. The lowest BCUT2D eigenvalue weighted by molar-refractivity contribution is -0.384. The monoisotopic (exact) mass is 434 g/mol. The molecule has 0 bridgehead atoms. The molecule has 0 atom stereocenters. The SMILES string of the molecule is CC1=C(OC(=O)OC(C)C)C(c2cccc([N+](=O)[O-])c2)C(OC(=O)OC(C)C)=C(C)N1. The fourth-order valence-electron chi connectivity index (χ4n) is 2.96. The Hall–Kier alpha value is -3.56. The molecule has 2 rings (SSSR count). The van der Waals surface area contributed by atoms with Gasteiger partial charge in [-0.25, -0.2) is 9.59 Å². The van der Waals surface area contributed by atoms with Gasteiger partial charge in [-0.3, -0.25) is 10.1 Å². The van der Waals surface area contributed by atoms with Crippen molar-refractivity contribution in [3.63, 3.8) is 0 Å². The maximum absolute atomic E-state index is 12.2. The molecule has 0 aromatic heterocycles. The molecule has 1 aromatic rings. The largest absolute Gasteiger partial charge is 0.513 e. The van der Waals surface area contributed by atoms with Crippen LogP contribution >= 0.6 is 0 Å². The molecule has 10 heteroatoms. The number of carbonyl (C=O) groups excluding carboxylic acids is 2. The highest BCUT2D eigenvalue weighted by Crippen LogP contribution is 2.40. The number of carbonyl (C=O) groups is 2. The molecule has 31 heavy (non-hydrogen) atoms. The van der Waals surface area contributed by atoms with Crippen LogP contribution in [0.5, 0.6) is 0 Å². The zero-order valence-electron chi connectivity index (χ0n) is 18.3. The van der Waals surface area contributed by atoms with Crippen molar-refractivity contribution in [2.45, 2.75) is 59.7 Å². The van der Waals surface area contributed by atoms with Crippen molar-refractivity contribution < 1.29 is 33.5 Å². The third-order valence-electron chi connectivity index (χ3n) is 4.10. The van der Waals surface area contributed by atoms with Gasteiger partial charge in [0.25, 0.3) is 5.69 Å². The van der Waals surface area contributed by atoms with E-state index < -0.39 is 35.4 Å². The second kappa shape index (κ2) is 9.96. The summed E-state index contributed by atoms with van der Waals surface area (Å²) in [5, 5.41) is 14.3. The van der Waals surface area contributed by atoms with E-state index in [-0.39, 0.29) is 17.2 Å². The fraction of sp³-hybridized carbons (Fsp3) is 0.429. The number of nitrogens with zero attached hydrogens (tertiary/aromatic N) is 1. The molecule has 0 amide bonds. The Bertz CT molecular complexity index is 887. The molecule has 1 heterocycles. The van der Waals surface area contributed by atoms with Crippen LogP contribution in [0.1, 0.15) is 53.0 Å². The maximum Gasteiger partial charge on any atom is 0.513 e. The lowest BCUT2D eigenvalue weighted by Gasteiger charge is -2.30. The number of nitrogens with one attached hydrogen (secondary N) is 1. The smallest absolute Gasteiger partial charge is 0.431 e. The molecule has 0 fully saturated rings. The number of ether oxygens (including phenoxy) is 4. The second-order valence-corrected chi connectivity index (χ2v) is 7.43. The molecule has 168 valence electrons. The van der Waals surface area contributed by atoms with Crippen molar-refractivity contribution in [3.8, 4) is 0 Å². The summed E-state index contributed by atoms with van der Waals surface area (Å²) >= 11 is 0. The summed E-state index contributed by atoms with van der Waals surface area (Å²) in [6, 6.07) is 5.76. The van der Waals surface area contributed by atoms with Crippen LogP contribution in [0.25, 0.3) is 0 Å². The van der Waals surface area contributed by atoms with Crippen LogP contribution in [0.2, 0.25) is 0 Å². The summed E-state index contributed by atoms with van der Waals surface area (Å²) in [6.07, 6.45) is -2.75. The van der Waals surface area contributed by atoms with Crippen LogP contribution in [0.4, 0.5) is 15.3 Å². The van der Waals surface area contributed by atoms with Crippen molar-refractivity contribution >= 4 is 18.0 Å². The topological polar surface area (TPSA) is 126 Å². The first kappa shape index (κ1) is 23.7. The minimum Gasteiger partial charge on any atom is -0.431 e. The minimum absolute atomic E-state index is 0.0871.